The van der Waals surface area contributed by atoms with E-state index in [0.29, 0.717) is 18.0 Å². The molecule has 1 rings (SSSR count). The van der Waals surface area contributed by atoms with Gasteiger partial charge in [-0.3, -0.25) is 4.98 Å². The molecule has 0 aliphatic carbocycles. The van der Waals surface area contributed by atoms with Crippen LogP contribution in [0.3, 0.4) is 0 Å². The Morgan fingerprint density at radius 3 is 2.92 bits per heavy atom. The van der Waals surface area contributed by atoms with Gasteiger partial charge in [-0.25, -0.2) is 4.98 Å². The average Bonchev–Trinajstić information content (AvgIpc) is 2.18. The highest BCUT2D eigenvalue weighted by Crippen LogP contribution is 2.21. The molecule has 0 spiro atoms. The Labute approximate surface area is 76.9 Å². The van der Waals surface area contributed by atoms with E-state index in [4.69, 9.17) is 4.74 Å². The monoisotopic (exact) mass is 180 g/mol. The van der Waals surface area contributed by atoms with E-state index in [1.807, 2.05) is 0 Å². The second kappa shape index (κ2) is 4.57. The van der Waals surface area contributed by atoms with E-state index in [1.54, 1.807) is 6.08 Å². The van der Waals surface area contributed by atoms with E-state index in [2.05, 4.69) is 16.5 Å². The van der Waals surface area contributed by atoms with Crippen LogP contribution < -0.4 is 4.74 Å². The van der Waals surface area contributed by atoms with Gasteiger partial charge >= 0.3 is 0 Å². The summed E-state index contributed by atoms with van der Waals surface area (Å²) < 4.78 is 4.94. The molecule has 1 heterocycles. The fraction of sp³-hybridized carbons (Fsp3) is 0.333. The van der Waals surface area contributed by atoms with Crippen molar-refractivity contribution < 1.29 is 9.84 Å². The minimum Gasteiger partial charge on any atom is -0.480 e. The van der Waals surface area contributed by atoms with Gasteiger partial charge in [0.1, 0.15) is 11.8 Å². The predicted molar refractivity (Wildman–Crippen MR) is 48.4 cm³/mol. The van der Waals surface area contributed by atoms with Crippen molar-refractivity contribution in [3.05, 3.63) is 30.7 Å². The smallest absolute Gasteiger partial charge is 0.238 e. The number of aliphatic hydroxyl groups excluding tert-OH is 1. The van der Waals surface area contributed by atoms with Gasteiger partial charge in [0.05, 0.1) is 7.11 Å². The summed E-state index contributed by atoms with van der Waals surface area (Å²) in [6, 6.07) is 0. The van der Waals surface area contributed by atoms with Crippen molar-refractivity contribution in [2.24, 2.45) is 0 Å². The summed E-state index contributed by atoms with van der Waals surface area (Å²) in [5, 5.41) is 9.58. The molecule has 0 amide bonds. The summed E-state index contributed by atoms with van der Waals surface area (Å²) in [6.07, 6.45) is 4.40. The van der Waals surface area contributed by atoms with Crippen LogP contribution in [0.2, 0.25) is 0 Å². The maximum atomic E-state index is 9.58. The van der Waals surface area contributed by atoms with Gasteiger partial charge in [-0.2, -0.15) is 0 Å². The first kappa shape index (κ1) is 9.67. The molecule has 1 aromatic heterocycles. The Kier molecular flexibility index (Phi) is 3.40. The van der Waals surface area contributed by atoms with Gasteiger partial charge in [-0.05, 0) is 6.42 Å². The number of nitrogens with zero attached hydrogens (tertiary/aromatic N) is 2. The van der Waals surface area contributed by atoms with Gasteiger partial charge in [-0.1, -0.05) is 6.08 Å². The summed E-state index contributed by atoms with van der Waals surface area (Å²) in [5.74, 6) is 0.358. The maximum Gasteiger partial charge on any atom is 0.238 e. The highest BCUT2D eigenvalue weighted by molar-refractivity contribution is 5.20. The van der Waals surface area contributed by atoms with Crippen molar-refractivity contribution in [1.29, 1.82) is 0 Å². The first-order valence-electron chi connectivity index (χ1n) is 3.93. The highest BCUT2D eigenvalue weighted by atomic mass is 16.5. The molecule has 70 valence electrons. The Bertz CT molecular complexity index is 289. The zero-order valence-corrected chi connectivity index (χ0v) is 7.47. The summed E-state index contributed by atoms with van der Waals surface area (Å²) >= 11 is 0. The predicted octanol–water partition coefficient (Wildman–Crippen LogP) is 1.09. The Hall–Kier alpha value is -1.42. The lowest BCUT2D eigenvalue weighted by Crippen LogP contribution is -2.03. The molecule has 0 fully saturated rings. The molecule has 1 unspecified atom stereocenters. The van der Waals surface area contributed by atoms with Crippen LogP contribution in [-0.2, 0) is 0 Å². The first-order valence-corrected chi connectivity index (χ1v) is 3.93. The Balaban J connectivity index is 2.91. The van der Waals surface area contributed by atoms with Crippen LogP contribution in [0.15, 0.2) is 25.0 Å². The van der Waals surface area contributed by atoms with Crippen molar-refractivity contribution in [2.45, 2.75) is 12.5 Å². The third-order valence-electron chi connectivity index (χ3n) is 1.59. The van der Waals surface area contributed by atoms with E-state index in [-0.39, 0.29) is 0 Å². The molecule has 0 bridgehead atoms. The minimum atomic E-state index is -0.693. The molecular weight excluding hydrogens is 168 g/mol. The van der Waals surface area contributed by atoms with E-state index in [0.717, 1.165) is 0 Å². The SMILES string of the molecule is C=CCC(O)c1nccnc1OC. The summed E-state index contributed by atoms with van der Waals surface area (Å²) in [5.41, 5.74) is 0.449. The first-order chi connectivity index (χ1) is 6.29. The van der Waals surface area contributed by atoms with E-state index < -0.39 is 6.10 Å². The van der Waals surface area contributed by atoms with Gasteiger partial charge in [0.25, 0.3) is 0 Å². The topological polar surface area (TPSA) is 55.2 Å². The van der Waals surface area contributed by atoms with Crippen LogP contribution >= 0.6 is 0 Å². The molecule has 13 heavy (non-hydrogen) atoms. The van der Waals surface area contributed by atoms with Crippen molar-refractivity contribution in [1.82, 2.24) is 9.97 Å². The van der Waals surface area contributed by atoms with Gasteiger partial charge in [-0.15, -0.1) is 6.58 Å². The zero-order valence-electron chi connectivity index (χ0n) is 7.47. The number of aliphatic hydroxyl groups is 1. The normalized spacial score (nSPS) is 12.2. The number of hydrogen-bond donors (Lipinski definition) is 1. The minimum absolute atomic E-state index is 0.358. The molecule has 1 atom stereocenters. The molecule has 0 aromatic carbocycles. The van der Waals surface area contributed by atoms with Crippen LogP contribution in [-0.4, -0.2) is 22.2 Å². The van der Waals surface area contributed by atoms with Crippen molar-refractivity contribution in [3.63, 3.8) is 0 Å². The molecule has 4 heteroatoms. The van der Waals surface area contributed by atoms with Crippen molar-refractivity contribution in [2.75, 3.05) is 7.11 Å². The van der Waals surface area contributed by atoms with Gasteiger partial charge in [0, 0.05) is 12.4 Å². The lowest BCUT2D eigenvalue weighted by atomic mass is 10.2. The van der Waals surface area contributed by atoms with Gasteiger partial charge in [0.15, 0.2) is 0 Å². The second-order valence-electron chi connectivity index (χ2n) is 2.49. The lowest BCUT2D eigenvalue weighted by Gasteiger charge is -2.09. The average molecular weight is 180 g/mol. The quantitative estimate of drug-likeness (QED) is 0.705. The van der Waals surface area contributed by atoms with E-state index in [1.165, 1.54) is 19.5 Å². The Morgan fingerprint density at radius 1 is 1.62 bits per heavy atom. The molecule has 0 saturated carbocycles. The molecule has 0 aliphatic rings. The van der Waals surface area contributed by atoms with Crippen LogP contribution in [0.5, 0.6) is 5.88 Å². The van der Waals surface area contributed by atoms with Gasteiger partial charge in [0.2, 0.25) is 5.88 Å². The summed E-state index contributed by atoms with van der Waals surface area (Å²) in [6.45, 7) is 3.53. The highest BCUT2D eigenvalue weighted by Gasteiger charge is 2.13. The van der Waals surface area contributed by atoms with Crippen molar-refractivity contribution in [3.8, 4) is 5.88 Å². The summed E-state index contributed by atoms with van der Waals surface area (Å²) in [4.78, 5) is 7.90. The molecule has 4 nitrogen and oxygen atoms in total. The van der Waals surface area contributed by atoms with E-state index >= 15 is 0 Å². The van der Waals surface area contributed by atoms with Crippen LogP contribution in [0.1, 0.15) is 18.2 Å². The number of ether oxygens (including phenoxy) is 1. The van der Waals surface area contributed by atoms with E-state index in [9.17, 15) is 5.11 Å². The molecule has 1 aromatic rings. The van der Waals surface area contributed by atoms with Crippen LogP contribution in [0.25, 0.3) is 0 Å². The third-order valence-corrected chi connectivity index (χ3v) is 1.59. The van der Waals surface area contributed by atoms with Gasteiger partial charge < -0.3 is 9.84 Å². The molecule has 0 radical (unpaired) electrons. The zero-order chi connectivity index (χ0) is 9.68. The Morgan fingerprint density at radius 2 is 2.31 bits per heavy atom. The summed E-state index contributed by atoms with van der Waals surface area (Å²) in [7, 11) is 1.49. The number of aromatic nitrogens is 2. The lowest BCUT2D eigenvalue weighted by molar-refractivity contribution is 0.170. The molecule has 0 aliphatic heterocycles. The number of methoxy groups -OCH3 is 1. The van der Waals surface area contributed by atoms with Crippen molar-refractivity contribution >= 4 is 0 Å². The fourth-order valence-corrected chi connectivity index (χ4v) is 0.991. The standard InChI is InChI=1S/C9H12N2O2/c1-3-4-7(12)8-9(13-2)11-6-5-10-8/h3,5-7,12H,1,4H2,2H3. The number of hydrogen-bond acceptors (Lipinski definition) is 4. The second-order valence-corrected chi connectivity index (χ2v) is 2.49. The molecule has 0 saturated heterocycles. The van der Waals surface area contributed by atoms with Crippen LogP contribution in [0, 0.1) is 0 Å². The van der Waals surface area contributed by atoms with Crippen LogP contribution in [0.4, 0.5) is 0 Å². The molecule has 1 N–H and O–H groups in total. The number of rotatable bonds is 4. The largest absolute Gasteiger partial charge is 0.480 e. The maximum absolute atomic E-state index is 9.58. The third kappa shape index (κ3) is 2.26. The molecular formula is C9H12N2O2. The fourth-order valence-electron chi connectivity index (χ4n) is 0.991.